The van der Waals surface area contributed by atoms with E-state index < -0.39 is 17.8 Å². The van der Waals surface area contributed by atoms with Crippen molar-refractivity contribution in [2.45, 2.75) is 18.0 Å². The normalized spacial score (nSPS) is 11.4. The second-order valence-electron chi connectivity index (χ2n) is 5.77. The summed E-state index contributed by atoms with van der Waals surface area (Å²) in [7, 11) is 0. The van der Waals surface area contributed by atoms with Crippen LogP contribution in [-0.4, -0.2) is 27.6 Å². The van der Waals surface area contributed by atoms with Crippen LogP contribution in [0.5, 0.6) is 0 Å². The number of aromatic nitrogens is 2. The Hall–Kier alpha value is -2.74. The first kappa shape index (κ1) is 19.0. The summed E-state index contributed by atoms with van der Waals surface area (Å²) < 4.78 is 39.1. The highest BCUT2D eigenvalue weighted by Gasteiger charge is 2.27. The number of benzene rings is 2. The van der Waals surface area contributed by atoms with Gasteiger partial charge in [-0.3, -0.25) is 4.79 Å². The quantitative estimate of drug-likeness (QED) is 0.617. The van der Waals surface area contributed by atoms with Gasteiger partial charge >= 0.3 is 6.18 Å². The van der Waals surface area contributed by atoms with Gasteiger partial charge in [0.2, 0.25) is 0 Å². The third kappa shape index (κ3) is 4.91. The predicted molar refractivity (Wildman–Crippen MR) is 99.5 cm³/mol. The van der Waals surface area contributed by atoms with Crippen LogP contribution in [0.3, 0.4) is 0 Å². The smallest absolute Gasteiger partial charge is 0.320 e. The monoisotopic (exact) mass is 391 g/mol. The number of carbonyl (C=O) groups excluding carboxylic acids is 1. The first-order valence-corrected chi connectivity index (χ1v) is 9.04. The molecule has 0 saturated carbocycles. The van der Waals surface area contributed by atoms with Crippen LogP contribution in [-0.2, 0) is 0 Å². The maximum atomic E-state index is 12.5. The second-order valence-corrected chi connectivity index (χ2v) is 6.79. The molecule has 1 aromatic heterocycles. The average molecular weight is 391 g/mol. The number of para-hydroxylation sites is 2. The van der Waals surface area contributed by atoms with Gasteiger partial charge in [0.1, 0.15) is 0 Å². The van der Waals surface area contributed by atoms with Gasteiger partial charge in [0.25, 0.3) is 5.91 Å². The maximum Gasteiger partial charge on any atom is 0.398 e. The Morgan fingerprint density at radius 2 is 1.78 bits per heavy atom. The largest absolute Gasteiger partial charge is 0.398 e. The number of hydrogen-bond acceptors (Lipinski definition) is 3. The molecular weight excluding hydrogens is 375 g/mol. The summed E-state index contributed by atoms with van der Waals surface area (Å²) in [6.45, 7) is 1.82. The summed E-state index contributed by atoms with van der Waals surface area (Å²) in [5.74, 6) is -1.51. The molecule has 0 bridgehead atoms. The van der Waals surface area contributed by atoms with Crippen LogP contribution in [0.2, 0.25) is 0 Å². The van der Waals surface area contributed by atoms with E-state index in [1.807, 2.05) is 37.3 Å². The summed E-state index contributed by atoms with van der Waals surface area (Å²) >= 11 is 0.631. The van der Waals surface area contributed by atoms with Crippen molar-refractivity contribution in [3.8, 4) is 5.69 Å². The number of halogens is 3. The molecule has 2 aromatic carbocycles. The average Bonchev–Trinajstić information content (AvgIpc) is 3.03. The van der Waals surface area contributed by atoms with Gasteiger partial charge in [-0.25, -0.2) is 4.68 Å². The number of anilines is 1. The Morgan fingerprint density at radius 3 is 2.48 bits per heavy atom. The number of amides is 1. The molecule has 0 aliphatic heterocycles. The number of alkyl halides is 3. The number of carbonyl (C=O) groups is 1. The minimum absolute atomic E-state index is 0.187. The lowest BCUT2D eigenvalue weighted by Crippen LogP contribution is -2.15. The Balaban J connectivity index is 1.79. The Labute approximate surface area is 158 Å². The minimum Gasteiger partial charge on any atom is -0.320 e. The zero-order valence-electron chi connectivity index (χ0n) is 14.3. The molecule has 0 unspecified atom stereocenters. The van der Waals surface area contributed by atoms with Gasteiger partial charge in [-0.15, -0.1) is 11.8 Å². The van der Waals surface area contributed by atoms with E-state index in [1.165, 1.54) is 0 Å². The van der Waals surface area contributed by atoms with Crippen molar-refractivity contribution < 1.29 is 18.0 Å². The Kier molecular flexibility index (Phi) is 5.55. The molecule has 0 fully saturated rings. The molecule has 8 heteroatoms. The molecular formula is C19H16F3N3OS. The summed E-state index contributed by atoms with van der Waals surface area (Å²) in [6.07, 6.45) is -4.28. The van der Waals surface area contributed by atoms with Crippen molar-refractivity contribution in [3.63, 3.8) is 0 Å². The third-order valence-corrected chi connectivity index (χ3v) is 4.79. The van der Waals surface area contributed by atoms with Crippen molar-refractivity contribution in [3.05, 3.63) is 72.1 Å². The molecule has 0 aliphatic rings. The van der Waals surface area contributed by atoms with Gasteiger partial charge in [-0.1, -0.05) is 30.3 Å². The van der Waals surface area contributed by atoms with Crippen LogP contribution in [0.4, 0.5) is 18.9 Å². The van der Waals surface area contributed by atoms with E-state index in [-0.39, 0.29) is 5.69 Å². The van der Waals surface area contributed by atoms with Gasteiger partial charge in [-0.05, 0) is 37.3 Å². The van der Waals surface area contributed by atoms with Gasteiger partial charge < -0.3 is 5.32 Å². The van der Waals surface area contributed by atoms with Crippen LogP contribution in [0.25, 0.3) is 5.69 Å². The molecule has 1 amide bonds. The zero-order chi connectivity index (χ0) is 19.4. The van der Waals surface area contributed by atoms with Crippen molar-refractivity contribution in [1.29, 1.82) is 0 Å². The Morgan fingerprint density at radius 1 is 1.11 bits per heavy atom. The fourth-order valence-electron chi connectivity index (χ4n) is 2.46. The number of nitrogens with zero attached hydrogens (tertiary/aromatic N) is 2. The van der Waals surface area contributed by atoms with Gasteiger partial charge in [0, 0.05) is 10.6 Å². The second kappa shape index (κ2) is 7.87. The molecule has 0 radical (unpaired) electrons. The number of aryl methyl sites for hydroxylation is 1. The zero-order valence-corrected chi connectivity index (χ0v) is 15.1. The Bertz CT molecular complexity index is 939. The maximum absolute atomic E-state index is 12.5. The van der Waals surface area contributed by atoms with E-state index >= 15 is 0 Å². The van der Waals surface area contributed by atoms with E-state index in [4.69, 9.17) is 0 Å². The van der Waals surface area contributed by atoms with Crippen LogP contribution in [0.15, 0.2) is 65.6 Å². The molecule has 1 heterocycles. The lowest BCUT2D eigenvalue weighted by atomic mass is 10.3. The number of hydrogen-bond donors (Lipinski definition) is 1. The van der Waals surface area contributed by atoms with E-state index in [2.05, 4.69) is 10.4 Å². The van der Waals surface area contributed by atoms with E-state index in [0.29, 0.717) is 22.3 Å². The fraction of sp³-hybridized carbons (Fsp3) is 0.158. The molecule has 4 nitrogen and oxygen atoms in total. The van der Waals surface area contributed by atoms with Gasteiger partial charge in [0.05, 0.1) is 17.1 Å². The molecule has 0 aliphatic carbocycles. The number of rotatable bonds is 5. The summed E-state index contributed by atoms with van der Waals surface area (Å²) in [6, 6.07) is 17.4. The van der Waals surface area contributed by atoms with Crippen molar-refractivity contribution in [2.24, 2.45) is 0 Å². The molecule has 0 saturated heterocycles. The lowest BCUT2D eigenvalue weighted by Gasteiger charge is -2.11. The summed E-state index contributed by atoms with van der Waals surface area (Å²) in [4.78, 5) is 12.9. The van der Waals surface area contributed by atoms with Crippen molar-refractivity contribution >= 4 is 23.4 Å². The van der Waals surface area contributed by atoms with Gasteiger partial charge in [0.15, 0.2) is 5.69 Å². The van der Waals surface area contributed by atoms with E-state index in [9.17, 15) is 18.0 Å². The highest BCUT2D eigenvalue weighted by Crippen LogP contribution is 2.32. The van der Waals surface area contributed by atoms with Crippen LogP contribution in [0.1, 0.15) is 16.2 Å². The lowest BCUT2D eigenvalue weighted by molar-refractivity contribution is -0.105. The molecule has 27 heavy (non-hydrogen) atoms. The molecule has 0 spiro atoms. The molecule has 1 N–H and O–H groups in total. The minimum atomic E-state index is -4.28. The topological polar surface area (TPSA) is 46.9 Å². The van der Waals surface area contributed by atoms with E-state index in [0.717, 1.165) is 11.4 Å². The summed E-state index contributed by atoms with van der Waals surface area (Å²) in [5.41, 5.74) is 2.09. The highest BCUT2D eigenvalue weighted by molar-refractivity contribution is 7.99. The molecule has 3 rings (SSSR count). The number of thioether (sulfide) groups is 1. The van der Waals surface area contributed by atoms with Gasteiger partial charge in [-0.2, -0.15) is 18.3 Å². The van der Waals surface area contributed by atoms with Crippen LogP contribution in [0, 0.1) is 6.92 Å². The first-order chi connectivity index (χ1) is 12.8. The van der Waals surface area contributed by atoms with Crippen LogP contribution >= 0.6 is 11.8 Å². The molecule has 140 valence electrons. The van der Waals surface area contributed by atoms with Crippen LogP contribution < -0.4 is 5.32 Å². The highest BCUT2D eigenvalue weighted by atomic mass is 32.2. The van der Waals surface area contributed by atoms with Crippen molar-refractivity contribution in [2.75, 3.05) is 11.1 Å². The first-order valence-electron chi connectivity index (χ1n) is 8.05. The summed E-state index contributed by atoms with van der Waals surface area (Å²) in [5, 5.41) is 6.96. The standard InChI is InChI=1S/C19H16F3N3OS/c1-13-11-16(24-25(13)14-7-3-2-4-8-14)18(26)23-15-9-5-6-10-17(15)27-12-19(20,21)22/h2-11H,12H2,1H3,(H,23,26). The SMILES string of the molecule is Cc1cc(C(=O)Nc2ccccc2SCC(F)(F)F)nn1-c1ccccc1. The molecule has 3 aromatic rings. The number of nitrogens with one attached hydrogen (secondary N) is 1. The van der Waals surface area contributed by atoms with E-state index in [1.54, 1.807) is 35.0 Å². The van der Waals surface area contributed by atoms with Crippen molar-refractivity contribution in [1.82, 2.24) is 9.78 Å². The third-order valence-electron chi connectivity index (χ3n) is 3.65. The predicted octanol–water partition coefficient (Wildman–Crippen LogP) is 5.09. The molecule has 0 atom stereocenters. The fourth-order valence-corrected chi connectivity index (χ4v) is 3.23.